The number of nitrogens with two attached hydrogens (primary N) is 1. The third kappa shape index (κ3) is 2.49. The Morgan fingerprint density at radius 1 is 1.44 bits per heavy atom. The van der Waals surface area contributed by atoms with Crippen LogP contribution in [-0.4, -0.2) is 29.9 Å². The summed E-state index contributed by atoms with van der Waals surface area (Å²) in [5.41, 5.74) is 5.81. The summed E-state index contributed by atoms with van der Waals surface area (Å²) < 4.78 is 26.6. The van der Waals surface area contributed by atoms with Gasteiger partial charge in [0.25, 0.3) is 5.91 Å². The Morgan fingerprint density at radius 2 is 2.11 bits per heavy atom. The number of rotatable bonds is 2. The van der Waals surface area contributed by atoms with Crippen LogP contribution in [0.15, 0.2) is 12.1 Å². The van der Waals surface area contributed by atoms with Gasteiger partial charge in [-0.1, -0.05) is 0 Å². The van der Waals surface area contributed by atoms with Crippen LogP contribution in [0.3, 0.4) is 0 Å². The van der Waals surface area contributed by atoms with Crippen LogP contribution in [0.5, 0.6) is 0 Å². The SMILES string of the molecule is NCC1CCCN1C(=O)c1cc(F)c(F)cc1I. The van der Waals surface area contributed by atoms with Crippen molar-refractivity contribution < 1.29 is 13.6 Å². The van der Waals surface area contributed by atoms with Crippen LogP contribution in [0.2, 0.25) is 0 Å². The van der Waals surface area contributed by atoms with Gasteiger partial charge >= 0.3 is 0 Å². The maximum Gasteiger partial charge on any atom is 0.255 e. The Labute approximate surface area is 117 Å². The summed E-state index contributed by atoms with van der Waals surface area (Å²) in [5.74, 6) is -2.21. The predicted molar refractivity (Wildman–Crippen MR) is 72.2 cm³/mol. The summed E-state index contributed by atoms with van der Waals surface area (Å²) in [6.07, 6.45) is 1.76. The third-order valence-electron chi connectivity index (χ3n) is 3.15. The van der Waals surface area contributed by atoms with E-state index < -0.39 is 11.6 Å². The summed E-state index contributed by atoms with van der Waals surface area (Å²) in [6, 6.07) is 2.00. The second-order valence-electron chi connectivity index (χ2n) is 4.28. The maximum absolute atomic E-state index is 13.2. The van der Waals surface area contributed by atoms with E-state index in [9.17, 15) is 13.6 Å². The minimum atomic E-state index is -0.998. The molecule has 0 aromatic heterocycles. The molecule has 1 aliphatic rings. The molecule has 2 N–H and O–H groups in total. The molecule has 1 aliphatic heterocycles. The summed E-state index contributed by atoms with van der Waals surface area (Å²) in [7, 11) is 0. The molecule has 0 aliphatic carbocycles. The van der Waals surface area contributed by atoms with Gasteiger partial charge in [-0.05, 0) is 47.6 Å². The van der Waals surface area contributed by atoms with Crippen molar-refractivity contribution in [3.05, 3.63) is 32.9 Å². The lowest BCUT2D eigenvalue weighted by Crippen LogP contribution is -2.40. The highest BCUT2D eigenvalue weighted by molar-refractivity contribution is 14.1. The fourth-order valence-electron chi connectivity index (χ4n) is 2.19. The van der Waals surface area contributed by atoms with Gasteiger partial charge in [-0.3, -0.25) is 4.79 Å². The molecule has 1 unspecified atom stereocenters. The Bertz CT molecular complexity index is 481. The van der Waals surface area contributed by atoms with Crippen LogP contribution < -0.4 is 5.73 Å². The van der Waals surface area contributed by atoms with Crippen LogP contribution in [-0.2, 0) is 0 Å². The van der Waals surface area contributed by atoms with Crippen molar-refractivity contribution in [3.8, 4) is 0 Å². The number of carbonyl (C=O) groups is 1. The molecule has 1 aromatic rings. The standard InChI is InChI=1S/C12H13F2IN2O/c13-9-4-8(11(15)5-10(9)14)12(18)17-3-1-2-7(17)6-16/h4-5,7H,1-3,6,16H2. The molecule has 98 valence electrons. The summed E-state index contributed by atoms with van der Waals surface area (Å²) in [6.45, 7) is 1.02. The summed E-state index contributed by atoms with van der Waals surface area (Å²) >= 11 is 1.84. The van der Waals surface area contributed by atoms with Gasteiger partial charge in [0, 0.05) is 22.7 Å². The quantitative estimate of drug-likeness (QED) is 0.644. The lowest BCUT2D eigenvalue weighted by Gasteiger charge is -2.24. The average Bonchev–Trinajstić information content (AvgIpc) is 2.81. The number of halogens is 3. The topological polar surface area (TPSA) is 46.3 Å². The van der Waals surface area contributed by atoms with Crippen LogP contribution >= 0.6 is 22.6 Å². The molecule has 18 heavy (non-hydrogen) atoms. The molecule has 2 rings (SSSR count). The lowest BCUT2D eigenvalue weighted by atomic mass is 10.1. The van der Waals surface area contributed by atoms with E-state index in [-0.39, 0.29) is 17.5 Å². The highest BCUT2D eigenvalue weighted by Crippen LogP contribution is 2.23. The van der Waals surface area contributed by atoms with Gasteiger partial charge in [0.1, 0.15) is 0 Å². The van der Waals surface area contributed by atoms with E-state index in [1.165, 1.54) is 0 Å². The van der Waals surface area contributed by atoms with Crippen molar-refractivity contribution >= 4 is 28.5 Å². The molecule has 1 saturated heterocycles. The molecule has 3 nitrogen and oxygen atoms in total. The number of amides is 1. The highest BCUT2D eigenvalue weighted by atomic mass is 127. The lowest BCUT2D eigenvalue weighted by molar-refractivity contribution is 0.0739. The number of hydrogen-bond acceptors (Lipinski definition) is 2. The predicted octanol–water partition coefficient (Wildman–Crippen LogP) is 2.13. The number of hydrogen-bond donors (Lipinski definition) is 1. The van der Waals surface area contributed by atoms with Gasteiger partial charge in [0.15, 0.2) is 11.6 Å². The zero-order chi connectivity index (χ0) is 13.3. The number of likely N-dealkylation sites (tertiary alicyclic amines) is 1. The largest absolute Gasteiger partial charge is 0.334 e. The van der Waals surface area contributed by atoms with Gasteiger partial charge in [-0.15, -0.1) is 0 Å². The van der Waals surface area contributed by atoms with Crippen LogP contribution in [0, 0.1) is 15.2 Å². The molecular weight excluding hydrogens is 353 g/mol. The molecule has 0 bridgehead atoms. The smallest absolute Gasteiger partial charge is 0.255 e. The zero-order valence-electron chi connectivity index (χ0n) is 9.63. The Kier molecular flexibility index (Phi) is 4.16. The fourth-order valence-corrected chi connectivity index (χ4v) is 2.85. The minimum Gasteiger partial charge on any atom is -0.334 e. The average molecular weight is 366 g/mol. The van der Waals surface area contributed by atoms with Crippen molar-refractivity contribution in [2.24, 2.45) is 5.73 Å². The minimum absolute atomic E-state index is 0.00131. The van der Waals surface area contributed by atoms with E-state index in [0.29, 0.717) is 16.7 Å². The van der Waals surface area contributed by atoms with Crippen molar-refractivity contribution in [2.75, 3.05) is 13.1 Å². The molecule has 0 radical (unpaired) electrons. The molecule has 1 amide bonds. The summed E-state index contributed by atoms with van der Waals surface area (Å²) in [4.78, 5) is 13.9. The third-order valence-corrected chi connectivity index (χ3v) is 4.04. The number of carbonyl (C=O) groups excluding carboxylic acids is 1. The van der Waals surface area contributed by atoms with Gasteiger partial charge in [-0.25, -0.2) is 8.78 Å². The van der Waals surface area contributed by atoms with Gasteiger partial charge < -0.3 is 10.6 Å². The Balaban J connectivity index is 2.31. The van der Waals surface area contributed by atoms with Crippen molar-refractivity contribution in [1.82, 2.24) is 4.90 Å². The molecule has 1 heterocycles. The first-order valence-electron chi connectivity index (χ1n) is 5.70. The van der Waals surface area contributed by atoms with Gasteiger partial charge in [0.05, 0.1) is 5.56 Å². The van der Waals surface area contributed by atoms with E-state index in [0.717, 1.165) is 25.0 Å². The molecule has 1 fully saturated rings. The second-order valence-corrected chi connectivity index (χ2v) is 5.44. The van der Waals surface area contributed by atoms with Crippen LogP contribution in [0.1, 0.15) is 23.2 Å². The van der Waals surface area contributed by atoms with Gasteiger partial charge in [0.2, 0.25) is 0 Å². The first-order valence-corrected chi connectivity index (χ1v) is 6.78. The van der Waals surface area contributed by atoms with Crippen LogP contribution in [0.25, 0.3) is 0 Å². The van der Waals surface area contributed by atoms with Gasteiger partial charge in [-0.2, -0.15) is 0 Å². The summed E-state index contributed by atoms with van der Waals surface area (Å²) in [5, 5.41) is 0. The van der Waals surface area contributed by atoms with E-state index in [1.807, 2.05) is 22.6 Å². The van der Waals surface area contributed by atoms with E-state index in [4.69, 9.17) is 5.73 Å². The Hall–Kier alpha value is -0.760. The maximum atomic E-state index is 13.2. The number of nitrogens with zero attached hydrogens (tertiary/aromatic N) is 1. The molecule has 6 heteroatoms. The molecular formula is C12H13F2IN2O. The van der Waals surface area contributed by atoms with Crippen molar-refractivity contribution in [2.45, 2.75) is 18.9 Å². The molecule has 1 aromatic carbocycles. The highest BCUT2D eigenvalue weighted by Gasteiger charge is 2.29. The van der Waals surface area contributed by atoms with Crippen LogP contribution in [0.4, 0.5) is 8.78 Å². The second kappa shape index (κ2) is 5.48. The number of benzene rings is 1. The van der Waals surface area contributed by atoms with Crippen molar-refractivity contribution in [3.63, 3.8) is 0 Å². The fraction of sp³-hybridized carbons (Fsp3) is 0.417. The Morgan fingerprint density at radius 3 is 2.78 bits per heavy atom. The molecule has 0 saturated carbocycles. The zero-order valence-corrected chi connectivity index (χ0v) is 11.8. The molecule has 0 spiro atoms. The first-order chi connectivity index (χ1) is 8.54. The van der Waals surface area contributed by atoms with Crippen molar-refractivity contribution in [1.29, 1.82) is 0 Å². The monoisotopic (exact) mass is 366 g/mol. The van der Waals surface area contributed by atoms with E-state index >= 15 is 0 Å². The first kappa shape index (κ1) is 13.7. The molecule has 1 atom stereocenters. The van der Waals surface area contributed by atoms with E-state index in [1.54, 1.807) is 4.90 Å². The normalized spacial score (nSPS) is 19.3. The van der Waals surface area contributed by atoms with E-state index in [2.05, 4.69) is 0 Å².